The smallest absolute Gasteiger partial charge is 0.112 e. The molecule has 0 saturated heterocycles. The maximum atomic E-state index is 4.65. The Morgan fingerprint density at radius 2 is 2.14 bits per heavy atom. The first-order valence-electron chi connectivity index (χ1n) is 6.73. The first-order valence-corrected chi connectivity index (χ1v) is 7.61. The van der Waals surface area contributed by atoms with Crippen LogP contribution < -0.4 is 5.32 Å². The van der Waals surface area contributed by atoms with E-state index in [1.807, 2.05) is 44.0 Å². The van der Waals surface area contributed by atoms with E-state index < -0.39 is 0 Å². The zero-order valence-corrected chi connectivity index (χ0v) is 13.1. The SMILES string of the molecule is Cc1ccc(-c2csc(CNc3cn(C)nc3C)n2)cn1. The molecule has 0 atom stereocenters. The summed E-state index contributed by atoms with van der Waals surface area (Å²) in [6.07, 6.45) is 3.85. The van der Waals surface area contributed by atoms with Crippen LogP contribution in [0.25, 0.3) is 11.3 Å². The molecule has 3 aromatic heterocycles. The van der Waals surface area contributed by atoms with Gasteiger partial charge in [0, 0.05) is 36.1 Å². The lowest BCUT2D eigenvalue weighted by Gasteiger charge is -2.01. The van der Waals surface area contributed by atoms with Gasteiger partial charge in [0.25, 0.3) is 0 Å². The van der Waals surface area contributed by atoms with E-state index in [4.69, 9.17) is 0 Å². The van der Waals surface area contributed by atoms with Crippen molar-refractivity contribution >= 4 is 17.0 Å². The molecule has 3 aromatic rings. The van der Waals surface area contributed by atoms with Gasteiger partial charge in [-0.15, -0.1) is 11.3 Å². The molecule has 0 spiro atoms. The number of pyridine rings is 1. The van der Waals surface area contributed by atoms with Crippen LogP contribution in [-0.2, 0) is 13.6 Å². The van der Waals surface area contributed by atoms with Gasteiger partial charge in [-0.25, -0.2) is 4.98 Å². The molecular weight excluding hydrogens is 282 g/mol. The Hall–Kier alpha value is -2.21. The number of hydrogen-bond donors (Lipinski definition) is 1. The molecular formula is C15H17N5S. The molecule has 5 nitrogen and oxygen atoms in total. The molecule has 0 amide bonds. The molecule has 0 bridgehead atoms. The van der Waals surface area contributed by atoms with Gasteiger partial charge in [-0.05, 0) is 26.0 Å². The number of aryl methyl sites for hydroxylation is 3. The van der Waals surface area contributed by atoms with Gasteiger partial charge < -0.3 is 5.32 Å². The van der Waals surface area contributed by atoms with Crippen LogP contribution in [0.15, 0.2) is 29.9 Å². The summed E-state index contributed by atoms with van der Waals surface area (Å²) in [7, 11) is 1.92. The number of anilines is 1. The molecule has 0 unspecified atom stereocenters. The van der Waals surface area contributed by atoms with E-state index in [9.17, 15) is 0 Å². The third kappa shape index (κ3) is 3.11. The fraction of sp³-hybridized carbons (Fsp3) is 0.267. The van der Waals surface area contributed by atoms with E-state index in [1.165, 1.54) is 0 Å². The molecule has 108 valence electrons. The molecule has 21 heavy (non-hydrogen) atoms. The first-order chi connectivity index (χ1) is 10.1. The number of hydrogen-bond acceptors (Lipinski definition) is 5. The predicted octanol–water partition coefficient (Wildman–Crippen LogP) is 3.17. The number of nitrogens with one attached hydrogen (secondary N) is 1. The van der Waals surface area contributed by atoms with Crippen molar-refractivity contribution in [2.45, 2.75) is 20.4 Å². The number of aromatic nitrogens is 4. The topological polar surface area (TPSA) is 55.6 Å². The van der Waals surface area contributed by atoms with Crippen LogP contribution in [0.4, 0.5) is 5.69 Å². The van der Waals surface area contributed by atoms with Crippen molar-refractivity contribution in [1.29, 1.82) is 0 Å². The lowest BCUT2D eigenvalue weighted by atomic mass is 10.2. The minimum Gasteiger partial charge on any atom is -0.376 e. The van der Waals surface area contributed by atoms with Gasteiger partial charge in [0.15, 0.2) is 0 Å². The summed E-state index contributed by atoms with van der Waals surface area (Å²) in [5.74, 6) is 0. The summed E-state index contributed by atoms with van der Waals surface area (Å²) >= 11 is 1.65. The highest BCUT2D eigenvalue weighted by molar-refractivity contribution is 7.09. The van der Waals surface area contributed by atoms with Crippen molar-refractivity contribution in [2.24, 2.45) is 7.05 Å². The zero-order valence-electron chi connectivity index (χ0n) is 12.3. The maximum absolute atomic E-state index is 4.65. The van der Waals surface area contributed by atoms with E-state index in [-0.39, 0.29) is 0 Å². The second kappa shape index (κ2) is 5.65. The third-order valence-electron chi connectivity index (χ3n) is 3.20. The highest BCUT2D eigenvalue weighted by atomic mass is 32.1. The summed E-state index contributed by atoms with van der Waals surface area (Å²) < 4.78 is 1.81. The van der Waals surface area contributed by atoms with Crippen LogP contribution in [0.3, 0.4) is 0 Å². The van der Waals surface area contributed by atoms with Crippen LogP contribution in [0.2, 0.25) is 0 Å². The lowest BCUT2D eigenvalue weighted by molar-refractivity contribution is 0.756. The van der Waals surface area contributed by atoms with Gasteiger partial charge in [-0.1, -0.05) is 0 Å². The zero-order chi connectivity index (χ0) is 14.8. The van der Waals surface area contributed by atoms with Gasteiger partial charge in [0.05, 0.1) is 23.6 Å². The summed E-state index contributed by atoms with van der Waals surface area (Å²) in [5, 5.41) is 10.8. The van der Waals surface area contributed by atoms with E-state index in [1.54, 1.807) is 11.3 Å². The van der Waals surface area contributed by atoms with Crippen LogP contribution in [0, 0.1) is 13.8 Å². The van der Waals surface area contributed by atoms with Crippen LogP contribution in [0.5, 0.6) is 0 Å². The number of nitrogens with zero attached hydrogens (tertiary/aromatic N) is 4. The third-order valence-corrected chi connectivity index (χ3v) is 4.05. The minimum atomic E-state index is 0.705. The second-order valence-electron chi connectivity index (χ2n) is 4.97. The van der Waals surface area contributed by atoms with Gasteiger partial charge in [0.2, 0.25) is 0 Å². The molecule has 0 aliphatic rings. The normalized spacial score (nSPS) is 10.8. The molecule has 3 heterocycles. The van der Waals surface area contributed by atoms with Crippen molar-refractivity contribution in [3.8, 4) is 11.3 Å². The maximum Gasteiger partial charge on any atom is 0.112 e. The lowest BCUT2D eigenvalue weighted by Crippen LogP contribution is -1.99. The molecule has 0 aliphatic heterocycles. The van der Waals surface area contributed by atoms with Gasteiger partial charge >= 0.3 is 0 Å². The Labute approximate surface area is 127 Å². The van der Waals surface area contributed by atoms with Crippen molar-refractivity contribution in [3.05, 3.63) is 46.3 Å². The largest absolute Gasteiger partial charge is 0.376 e. The average Bonchev–Trinajstić information content (AvgIpc) is 3.04. The monoisotopic (exact) mass is 299 g/mol. The summed E-state index contributed by atoms with van der Waals surface area (Å²) in [4.78, 5) is 8.96. The summed E-state index contributed by atoms with van der Waals surface area (Å²) in [5.41, 5.74) is 5.10. The number of thiazole rings is 1. The van der Waals surface area contributed by atoms with Gasteiger partial charge in [-0.3, -0.25) is 9.67 Å². The molecule has 0 fully saturated rings. The highest BCUT2D eigenvalue weighted by Crippen LogP contribution is 2.22. The van der Waals surface area contributed by atoms with E-state index >= 15 is 0 Å². The molecule has 0 aliphatic carbocycles. The quantitative estimate of drug-likeness (QED) is 0.804. The molecule has 0 radical (unpaired) electrons. The minimum absolute atomic E-state index is 0.705. The van der Waals surface area contributed by atoms with Gasteiger partial charge in [-0.2, -0.15) is 5.10 Å². The molecule has 0 saturated carbocycles. The van der Waals surface area contributed by atoms with Gasteiger partial charge in [0.1, 0.15) is 5.01 Å². The molecule has 1 N–H and O–H groups in total. The second-order valence-corrected chi connectivity index (χ2v) is 5.91. The molecule has 3 rings (SSSR count). The Kier molecular flexibility index (Phi) is 3.70. The van der Waals surface area contributed by atoms with Crippen molar-refractivity contribution in [2.75, 3.05) is 5.32 Å². The standard InChI is InChI=1S/C15H17N5S/c1-10-4-5-12(6-16-10)14-9-21-15(18-14)7-17-13-8-20(3)19-11(13)2/h4-6,8-9,17H,7H2,1-3H3. The molecule has 0 aromatic carbocycles. The van der Waals surface area contributed by atoms with Crippen molar-refractivity contribution in [1.82, 2.24) is 19.7 Å². The first kappa shape index (κ1) is 13.8. The molecule has 6 heteroatoms. The van der Waals surface area contributed by atoms with Crippen molar-refractivity contribution in [3.63, 3.8) is 0 Å². The fourth-order valence-electron chi connectivity index (χ4n) is 2.09. The van der Waals surface area contributed by atoms with E-state index in [2.05, 4.69) is 31.8 Å². The Morgan fingerprint density at radius 3 is 2.81 bits per heavy atom. The van der Waals surface area contributed by atoms with Crippen molar-refractivity contribution < 1.29 is 0 Å². The van der Waals surface area contributed by atoms with E-state index in [0.717, 1.165) is 33.3 Å². The van der Waals surface area contributed by atoms with Crippen LogP contribution >= 0.6 is 11.3 Å². The Balaban J connectivity index is 1.70. The average molecular weight is 299 g/mol. The number of rotatable bonds is 4. The summed E-state index contributed by atoms with van der Waals surface area (Å²) in [6, 6.07) is 4.06. The fourth-order valence-corrected chi connectivity index (χ4v) is 2.83. The summed E-state index contributed by atoms with van der Waals surface area (Å²) in [6.45, 7) is 4.68. The highest BCUT2D eigenvalue weighted by Gasteiger charge is 2.07. The van der Waals surface area contributed by atoms with Crippen LogP contribution in [-0.4, -0.2) is 19.7 Å². The Morgan fingerprint density at radius 1 is 1.29 bits per heavy atom. The van der Waals surface area contributed by atoms with E-state index in [0.29, 0.717) is 6.54 Å². The van der Waals surface area contributed by atoms with Crippen LogP contribution in [0.1, 0.15) is 16.4 Å². The Bertz CT molecular complexity index is 742. The predicted molar refractivity (Wildman–Crippen MR) is 85.4 cm³/mol.